The number of benzene rings is 1. The van der Waals surface area contributed by atoms with Gasteiger partial charge in [0.1, 0.15) is 0 Å². The fourth-order valence-electron chi connectivity index (χ4n) is 2.94. The number of aliphatic carboxylic acids is 1. The Morgan fingerprint density at radius 1 is 1.24 bits per heavy atom. The van der Waals surface area contributed by atoms with Crippen molar-refractivity contribution in [2.75, 3.05) is 18.4 Å². The van der Waals surface area contributed by atoms with E-state index in [1.807, 2.05) is 12.1 Å². The SMILES string of the molecule is O=C(Nc1ccc(C2(C(=O)O)CC2)cc1)C1CCCNC1. The quantitative estimate of drug-likeness (QED) is 0.788. The Morgan fingerprint density at radius 2 is 1.95 bits per heavy atom. The fraction of sp³-hybridized carbons (Fsp3) is 0.500. The van der Waals surface area contributed by atoms with Gasteiger partial charge in [-0.05, 0) is 49.9 Å². The van der Waals surface area contributed by atoms with Crippen molar-refractivity contribution in [3.63, 3.8) is 0 Å². The summed E-state index contributed by atoms with van der Waals surface area (Å²) in [5, 5.41) is 15.4. The van der Waals surface area contributed by atoms with Crippen molar-refractivity contribution in [2.24, 2.45) is 5.92 Å². The normalized spacial score (nSPS) is 23.3. The first kappa shape index (κ1) is 14.1. The lowest BCUT2D eigenvalue weighted by atomic mass is 9.95. The molecule has 112 valence electrons. The van der Waals surface area contributed by atoms with Crippen molar-refractivity contribution < 1.29 is 14.7 Å². The molecule has 21 heavy (non-hydrogen) atoms. The third kappa shape index (κ3) is 2.78. The van der Waals surface area contributed by atoms with Crippen LogP contribution in [0.2, 0.25) is 0 Å². The molecule has 0 aromatic heterocycles. The van der Waals surface area contributed by atoms with Crippen LogP contribution in [0, 0.1) is 5.92 Å². The van der Waals surface area contributed by atoms with Gasteiger partial charge in [-0.1, -0.05) is 12.1 Å². The number of piperidine rings is 1. The summed E-state index contributed by atoms with van der Waals surface area (Å²) in [4.78, 5) is 23.4. The highest BCUT2D eigenvalue weighted by Gasteiger charge is 2.51. The van der Waals surface area contributed by atoms with Crippen molar-refractivity contribution >= 4 is 17.6 Å². The molecule has 3 N–H and O–H groups in total. The molecule has 0 radical (unpaired) electrons. The van der Waals surface area contributed by atoms with Gasteiger partial charge in [-0.25, -0.2) is 0 Å². The van der Waals surface area contributed by atoms with Gasteiger partial charge in [-0.2, -0.15) is 0 Å². The molecule has 1 unspecified atom stereocenters. The molecule has 0 bridgehead atoms. The number of carboxylic acid groups (broad SMARTS) is 1. The molecule has 1 atom stereocenters. The summed E-state index contributed by atoms with van der Waals surface area (Å²) in [6.07, 6.45) is 3.33. The molecular formula is C16H20N2O3. The van der Waals surface area contributed by atoms with Crippen LogP contribution in [0.1, 0.15) is 31.2 Å². The van der Waals surface area contributed by atoms with Crippen LogP contribution in [0.15, 0.2) is 24.3 Å². The van der Waals surface area contributed by atoms with Crippen LogP contribution in [-0.4, -0.2) is 30.1 Å². The first-order valence-corrected chi connectivity index (χ1v) is 7.47. The van der Waals surface area contributed by atoms with E-state index in [1.165, 1.54) is 0 Å². The molecule has 1 aromatic rings. The molecule has 3 rings (SSSR count). The van der Waals surface area contributed by atoms with Crippen molar-refractivity contribution in [3.8, 4) is 0 Å². The Bertz CT molecular complexity index is 543. The van der Waals surface area contributed by atoms with Gasteiger partial charge in [0.25, 0.3) is 0 Å². The van der Waals surface area contributed by atoms with E-state index in [9.17, 15) is 14.7 Å². The fourth-order valence-corrected chi connectivity index (χ4v) is 2.94. The average molecular weight is 288 g/mol. The van der Waals surface area contributed by atoms with Gasteiger partial charge in [-0.3, -0.25) is 9.59 Å². The third-order valence-corrected chi connectivity index (χ3v) is 4.53. The van der Waals surface area contributed by atoms with Crippen molar-refractivity contribution in [2.45, 2.75) is 31.1 Å². The Balaban J connectivity index is 1.65. The van der Waals surface area contributed by atoms with Crippen LogP contribution in [-0.2, 0) is 15.0 Å². The summed E-state index contributed by atoms with van der Waals surface area (Å²) in [5.74, 6) is -0.700. The van der Waals surface area contributed by atoms with Gasteiger partial charge < -0.3 is 15.7 Å². The van der Waals surface area contributed by atoms with E-state index in [0.717, 1.165) is 37.2 Å². The maximum absolute atomic E-state index is 12.1. The van der Waals surface area contributed by atoms with E-state index in [4.69, 9.17) is 0 Å². The predicted octanol–water partition coefficient (Wildman–Crippen LogP) is 1.74. The lowest BCUT2D eigenvalue weighted by Crippen LogP contribution is -2.37. The molecule has 1 aliphatic heterocycles. The third-order valence-electron chi connectivity index (χ3n) is 4.53. The lowest BCUT2D eigenvalue weighted by molar-refractivity contribution is -0.140. The van der Waals surface area contributed by atoms with E-state index >= 15 is 0 Å². The number of anilines is 1. The maximum Gasteiger partial charge on any atom is 0.314 e. The molecule has 0 spiro atoms. The molecule has 2 fully saturated rings. The average Bonchev–Trinajstić information content (AvgIpc) is 3.31. The Hall–Kier alpha value is -1.88. The molecular weight excluding hydrogens is 268 g/mol. The zero-order valence-corrected chi connectivity index (χ0v) is 11.9. The first-order valence-electron chi connectivity index (χ1n) is 7.47. The molecule has 5 nitrogen and oxygen atoms in total. The minimum absolute atomic E-state index is 0.0206. The number of carboxylic acids is 1. The smallest absolute Gasteiger partial charge is 0.314 e. The summed E-state index contributed by atoms with van der Waals surface area (Å²) in [5.41, 5.74) is 0.873. The van der Waals surface area contributed by atoms with Crippen LogP contribution >= 0.6 is 0 Å². The van der Waals surface area contributed by atoms with Crippen LogP contribution in [0.4, 0.5) is 5.69 Å². The summed E-state index contributed by atoms with van der Waals surface area (Å²) in [7, 11) is 0. The maximum atomic E-state index is 12.1. The van der Waals surface area contributed by atoms with Crippen molar-refractivity contribution in [3.05, 3.63) is 29.8 Å². The molecule has 1 saturated heterocycles. The Labute approximate surface area is 123 Å². The second-order valence-corrected chi connectivity index (χ2v) is 6.00. The molecule has 1 aliphatic carbocycles. The van der Waals surface area contributed by atoms with Crippen LogP contribution in [0.5, 0.6) is 0 Å². The predicted molar refractivity (Wildman–Crippen MR) is 79.2 cm³/mol. The number of rotatable bonds is 4. The highest BCUT2D eigenvalue weighted by Crippen LogP contribution is 2.48. The highest BCUT2D eigenvalue weighted by atomic mass is 16.4. The summed E-state index contributed by atoms with van der Waals surface area (Å²) in [6, 6.07) is 7.23. The zero-order valence-electron chi connectivity index (χ0n) is 11.9. The molecule has 1 heterocycles. The van der Waals surface area contributed by atoms with Gasteiger partial charge in [0, 0.05) is 12.2 Å². The topological polar surface area (TPSA) is 78.4 Å². The largest absolute Gasteiger partial charge is 0.481 e. The summed E-state index contributed by atoms with van der Waals surface area (Å²) < 4.78 is 0. The highest BCUT2D eigenvalue weighted by molar-refractivity contribution is 5.93. The molecule has 5 heteroatoms. The van der Waals surface area contributed by atoms with Gasteiger partial charge in [0.2, 0.25) is 5.91 Å². The number of nitrogens with one attached hydrogen (secondary N) is 2. The van der Waals surface area contributed by atoms with Crippen LogP contribution in [0.25, 0.3) is 0 Å². The number of carbonyl (C=O) groups excluding carboxylic acids is 1. The number of amides is 1. The molecule has 2 aliphatic rings. The second-order valence-electron chi connectivity index (χ2n) is 6.00. The van der Waals surface area contributed by atoms with Crippen LogP contribution < -0.4 is 10.6 Å². The van der Waals surface area contributed by atoms with E-state index in [1.54, 1.807) is 12.1 Å². The molecule has 1 amide bonds. The monoisotopic (exact) mass is 288 g/mol. The number of hydrogen-bond donors (Lipinski definition) is 3. The Morgan fingerprint density at radius 3 is 2.48 bits per heavy atom. The van der Waals surface area contributed by atoms with E-state index < -0.39 is 11.4 Å². The Kier molecular flexibility index (Phi) is 3.68. The van der Waals surface area contributed by atoms with Crippen LogP contribution in [0.3, 0.4) is 0 Å². The van der Waals surface area contributed by atoms with E-state index in [-0.39, 0.29) is 11.8 Å². The van der Waals surface area contributed by atoms with E-state index in [2.05, 4.69) is 10.6 Å². The van der Waals surface area contributed by atoms with Gasteiger partial charge in [0.05, 0.1) is 11.3 Å². The van der Waals surface area contributed by atoms with E-state index in [0.29, 0.717) is 12.8 Å². The summed E-state index contributed by atoms with van der Waals surface area (Å²) >= 11 is 0. The van der Waals surface area contributed by atoms with Crippen molar-refractivity contribution in [1.82, 2.24) is 5.32 Å². The van der Waals surface area contributed by atoms with Gasteiger partial charge >= 0.3 is 5.97 Å². The lowest BCUT2D eigenvalue weighted by Gasteiger charge is -2.22. The minimum atomic E-state index is -0.757. The number of carbonyl (C=O) groups is 2. The molecule has 1 saturated carbocycles. The standard InChI is InChI=1S/C16H20N2O3/c19-14(11-2-1-9-17-10-11)18-13-5-3-12(4-6-13)16(7-8-16)15(20)21/h3-6,11,17H,1-2,7-10H2,(H,18,19)(H,20,21). The zero-order chi connectivity index (χ0) is 14.9. The second kappa shape index (κ2) is 5.48. The minimum Gasteiger partial charge on any atom is -0.481 e. The summed E-state index contributed by atoms with van der Waals surface area (Å²) in [6.45, 7) is 1.71. The van der Waals surface area contributed by atoms with Gasteiger partial charge in [0.15, 0.2) is 0 Å². The van der Waals surface area contributed by atoms with Crippen molar-refractivity contribution in [1.29, 1.82) is 0 Å². The first-order chi connectivity index (χ1) is 10.1. The number of hydrogen-bond acceptors (Lipinski definition) is 3. The molecule has 1 aromatic carbocycles. The van der Waals surface area contributed by atoms with Gasteiger partial charge in [-0.15, -0.1) is 0 Å².